The zero-order valence-corrected chi connectivity index (χ0v) is 14.4. The highest BCUT2D eigenvalue weighted by atomic mass is 79.9. The topological polar surface area (TPSA) is 16.1 Å². The number of nitrogens with zero attached hydrogens (tertiary/aromatic N) is 2. The van der Waals surface area contributed by atoms with Crippen molar-refractivity contribution in [3.8, 4) is 0 Å². The first kappa shape index (κ1) is 14.5. The lowest BCUT2D eigenvalue weighted by molar-refractivity contribution is 0.739. The van der Waals surface area contributed by atoms with Crippen LogP contribution >= 0.6 is 39.3 Å². The van der Waals surface area contributed by atoms with E-state index in [1.807, 2.05) is 17.8 Å². The van der Waals surface area contributed by atoms with Gasteiger partial charge in [0.1, 0.15) is 5.82 Å². The average molecular weight is 372 g/mol. The Hall–Kier alpha value is -0.450. The molecule has 0 aliphatic carbocycles. The Morgan fingerprint density at radius 2 is 2.30 bits per heavy atom. The minimum atomic E-state index is 0.601. The molecule has 1 aromatic carbocycles. The summed E-state index contributed by atoms with van der Waals surface area (Å²) in [5.41, 5.74) is 0.891. The molecule has 2 heterocycles. The van der Waals surface area contributed by atoms with Crippen LogP contribution in [0.5, 0.6) is 0 Å². The summed E-state index contributed by atoms with van der Waals surface area (Å²) in [6, 6.07) is 8.79. The van der Waals surface area contributed by atoms with Crippen LogP contribution in [0, 0.1) is 0 Å². The molecular formula is C15H16BrClN2S. The third kappa shape index (κ3) is 2.78. The number of anilines is 1. The van der Waals surface area contributed by atoms with Crippen LogP contribution in [0.1, 0.15) is 12.8 Å². The summed E-state index contributed by atoms with van der Waals surface area (Å²) in [7, 11) is 0. The SMILES string of the molecule is CSCC1CCCN1c1ccc2cc(Br)cc(Cl)c2n1. The van der Waals surface area contributed by atoms with Crippen molar-refractivity contribution in [1.82, 2.24) is 4.98 Å². The lowest BCUT2D eigenvalue weighted by atomic mass is 10.2. The summed E-state index contributed by atoms with van der Waals surface area (Å²) in [6.45, 7) is 1.10. The Morgan fingerprint density at radius 1 is 1.45 bits per heavy atom. The molecule has 0 N–H and O–H groups in total. The maximum absolute atomic E-state index is 6.32. The smallest absolute Gasteiger partial charge is 0.129 e. The Balaban J connectivity index is 2.00. The van der Waals surface area contributed by atoms with E-state index in [9.17, 15) is 0 Å². The van der Waals surface area contributed by atoms with E-state index in [0.29, 0.717) is 11.1 Å². The first-order valence-electron chi connectivity index (χ1n) is 6.70. The van der Waals surface area contributed by atoms with Crippen LogP contribution in [0.2, 0.25) is 5.02 Å². The molecule has 3 rings (SSSR count). The molecule has 0 radical (unpaired) electrons. The Bertz CT molecular complexity index is 635. The van der Waals surface area contributed by atoms with Crippen LogP contribution in [-0.4, -0.2) is 29.6 Å². The minimum absolute atomic E-state index is 0.601. The number of aromatic nitrogens is 1. The second-order valence-electron chi connectivity index (χ2n) is 5.07. The van der Waals surface area contributed by atoms with Crippen LogP contribution in [0.25, 0.3) is 10.9 Å². The molecule has 1 fully saturated rings. The minimum Gasteiger partial charge on any atom is -0.353 e. The summed E-state index contributed by atoms with van der Waals surface area (Å²) in [5, 5.41) is 1.78. The number of thioether (sulfide) groups is 1. The van der Waals surface area contributed by atoms with Gasteiger partial charge >= 0.3 is 0 Å². The molecule has 2 nitrogen and oxygen atoms in total. The van der Waals surface area contributed by atoms with Gasteiger partial charge in [-0.15, -0.1) is 0 Å². The first-order valence-corrected chi connectivity index (χ1v) is 9.27. The van der Waals surface area contributed by atoms with Gasteiger partial charge in [0.2, 0.25) is 0 Å². The number of benzene rings is 1. The summed E-state index contributed by atoms with van der Waals surface area (Å²) in [5.74, 6) is 2.21. The van der Waals surface area contributed by atoms with Gasteiger partial charge < -0.3 is 4.90 Å². The highest BCUT2D eigenvalue weighted by Gasteiger charge is 2.25. The van der Waals surface area contributed by atoms with Crippen molar-refractivity contribution in [2.75, 3.05) is 23.5 Å². The second-order valence-corrected chi connectivity index (χ2v) is 7.31. The lowest BCUT2D eigenvalue weighted by Gasteiger charge is -2.25. The fourth-order valence-corrected chi connectivity index (χ4v) is 4.42. The molecule has 1 atom stereocenters. The van der Waals surface area contributed by atoms with Crippen LogP contribution in [0.3, 0.4) is 0 Å². The number of hydrogen-bond acceptors (Lipinski definition) is 3. The van der Waals surface area contributed by atoms with E-state index in [1.54, 1.807) is 0 Å². The molecule has 5 heteroatoms. The summed E-state index contributed by atoms with van der Waals surface area (Å²) < 4.78 is 0.992. The van der Waals surface area contributed by atoms with E-state index in [4.69, 9.17) is 16.6 Å². The van der Waals surface area contributed by atoms with Gasteiger partial charge in [-0.25, -0.2) is 4.98 Å². The summed E-state index contributed by atoms with van der Waals surface area (Å²) in [6.07, 6.45) is 4.67. The van der Waals surface area contributed by atoms with Gasteiger partial charge in [0.05, 0.1) is 10.5 Å². The fraction of sp³-hybridized carbons (Fsp3) is 0.400. The highest BCUT2D eigenvalue weighted by molar-refractivity contribution is 9.10. The van der Waals surface area contributed by atoms with Crippen molar-refractivity contribution in [3.63, 3.8) is 0 Å². The van der Waals surface area contributed by atoms with Crippen molar-refractivity contribution >= 4 is 56.0 Å². The largest absolute Gasteiger partial charge is 0.353 e. The van der Waals surface area contributed by atoms with Gasteiger partial charge in [-0.05, 0) is 43.4 Å². The normalized spacial score (nSPS) is 18.9. The molecular weight excluding hydrogens is 356 g/mol. The monoisotopic (exact) mass is 370 g/mol. The second kappa shape index (κ2) is 6.12. The zero-order chi connectivity index (χ0) is 14.1. The maximum atomic E-state index is 6.32. The van der Waals surface area contributed by atoms with E-state index in [-0.39, 0.29) is 0 Å². The van der Waals surface area contributed by atoms with Crippen LogP contribution in [0.15, 0.2) is 28.7 Å². The van der Waals surface area contributed by atoms with E-state index >= 15 is 0 Å². The van der Waals surface area contributed by atoms with Gasteiger partial charge in [-0.1, -0.05) is 27.5 Å². The van der Waals surface area contributed by atoms with Gasteiger partial charge in [-0.3, -0.25) is 0 Å². The molecule has 106 valence electrons. The van der Waals surface area contributed by atoms with E-state index in [0.717, 1.165) is 33.5 Å². The molecule has 1 aliphatic heterocycles. The molecule has 2 aromatic rings. The maximum Gasteiger partial charge on any atom is 0.129 e. The highest BCUT2D eigenvalue weighted by Crippen LogP contribution is 2.31. The number of hydrogen-bond donors (Lipinski definition) is 0. The first-order chi connectivity index (χ1) is 9.69. The van der Waals surface area contributed by atoms with Crippen molar-refractivity contribution in [2.24, 2.45) is 0 Å². The summed E-state index contributed by atoms with van der Waals surface area (Å²) in [4.78, 5) is 7.22. The lowest BCUT2D eigenvalue weighted by Crippen LogP contribution is -2.31. The molecule has 0 bridgehead atoms. The van der Waals surface area contributed by atoms with E-state index in [1.165, 1.54) is 12.8 Å². The third-order valence-corrected chi connectivity index (χ3v) is 5.19. The number of rotatable bonds is 3. The van der Waals surface area contributed by atoms with Crippen LogP contribution in [-0.2, 0) is 0 Å². The molecule has 1 unspecified atom stereocenters. The number of halogens is 2. The van der Waals surface area contributed by atoms with E-state index < -0.39 is 0 Å². The van der Waals surface area contributed by atoms with E-state index in [2.05, 4.69) is 45.3 Å². The van der Waals surface area contributed by atoms with Gasteiger partial charge in [-0.2, -0.15) is 11.8 Å². The number of fused-ring (bicyclic) bond motifs is 1. The van der Waals surface area contributed by atoms with Crippen LogP contribution in [0.4, 0.5) is 5.82 Å². The molecule has 1 aliphatic rings. The standard InChI is InChI=1S/C15H16BrClN2S/c1-20-9-12-3-2-6-19(12)14-5-4-10-7-11(16)8-13(17)15(10)18-14/h4-5,7-8,12H,2-3,6,9H2,1H3. The van der Waals surface area contributed by atoms with Gasteiger partial charge in [0.15, 0.2) is 0 Å². The molecule has 0 saturated carbocycles. The Morgan fingerprint density at radius 3 is 3.10 bits per heavy atom. The molecule has 1 aromatic heterocycles. The molecule has 20 heavy (non-hydrogen) atoms. The van der Waals surface area contributed by atoms with Crippen molar-refractivity contribution in [3.05, 3.63) is 33.8 Å². The Kier molecular flexibility index (Phi) is 4.43. The predicted molar refractivity (Wildman–Crippen MR) is 93.2 cm³/mol. The van der Waals surface area contributed by atoms with Crippen molar-refractivity contribution in [1.29, 1.82) is 0 Å². The quantitative estimate of drug-likeness (QED) is 0.756. The van der Waals surface area contributed by atoms with Gasteiger partial charge in [0, 0.05) is 28.2 Å². The predicted octanol–water partition coefficient (Wildman–Crippen LogP) is 4.98. The molecule has 0 amide bonds. The fourth-order valence-electron chi connectivity index (χ4n) is 2.81. The molecule has 0 spiro atoms. The Labute approximate surface area is 137 Å². The summed E-state index contributed by atoms with van der Waals surface area (Å²) >= 11 is 11.7. The number of pyridine rings is 1. The van der Waals surface area contributed by atoms with Crippen LogP contribution < -0.4 is 4.90 Å². The average Bonchev–Trinajstić information content (AvgIpc) is 2.87. The van der Waals surface area contributed by atoms with Crippen molar-refractivity contribution in [2.45, 2.75) is 18.9 Å². The zero-order valence-electron chi connectivity index (χ0n) is 11.3. The molecule has 1 saturated heterocycles. The van der Waals surface area contributed by atoms with Gasteiger partial charge in [0.25, 0.3) is 0 Å². The van der Waals surface area contributed by atoms with Crippen molar-refractivity contribution < 1.29 is 0 Å². The third-order valence-electron chi connectivity index (χ3n) is 3.73.